The summed E-state index contributed by atoms with van der Waals surface area (Å²) in [6, 6.07) is 94.7. The molecule has 0 amide bonds. The molecule has 4 bridgehead atoms. The fourth-order valence-corrected chi connectivity index (χ4v) is 12.5. The minimum absolute atomic E-state index is 0. The summed E-state index contributed by atoms with van der Waals surface area (Å²) in [7, 11) is 0. The van der Waals surface area contributed by atoms with Gasteiger partial charge in [-0.2, -0.15) is 0 Å². The summed E-state index contributed by atoms with van der Waals surface area (Å²) in [5.74, 6) is 1.85. The van der Waals surface area contributed by atoms with Gasteiger partial charge in [-0.25, -0.2) is 0 Å². The SMILES string of the molecule is [Ir+3].[c-]1ccccc1-c1ccc(-c2ccccc2-c2cc(-c3ccccc3-c3ccc(-c4[c-]cccc4)nc3)cc(-c3ccccc3-c3cnc(-c4[c-]ccc5c4C4C=CC6C(C=C4)C56)cc3-c3ccc(-c4ccccc4)cc3)c2)cn1. The number of hydrogen-bond donors (Lipinski definition) is 0. The Kier molecular flexibility index (Phi) is 13.1. The van der Waals surface area contributed by atoms with Gasteiger partial charge in [0.15, 0.2) is 0 Å². The van der Waals surface area contributed by atoms with Crippen molar-refractivity contribution in [2.24, 2.45) is 11.8 Å². The summed E-state index contributed by atoms with van der Waals surface area (Å²) in [6.07, 6.45) is 15.8. The van der Waals surface area contributed by atoms with Gasteiger partial charge < -0.3 is 15.0 Å². The zero-order chi connectivity index (χ0) is 52.9. The topological polar surface area (TPSA) is 38.7 Å². The van der Waals surface area contributed by atoms with E-state index in [4.69, 9.17) is 15.0 Å². The zero-order valence-corrected chi connectivity index (χ0v) is 46.4. The Balaban J connectivity index is 0.00000589. The van der Waals surface area contributed by atoms with E-state index in [1.165, 1.54) is 22.3 Å². The molecule has 3 aromatic heterocycles. The van der Waals surface area contributed by atoms with Crippen LogP contribution in [-0.2, 0) is 20.1 Å². The van der Waals surface area contributed by atoms with Gasteiger partial charge in [-0.05, 0) is 142 Å². The van der Waals surface area contributed by atoms with E-state index in [1.54, 1.807) is 0 Å². The van der Waals surface area contributed by atoms with Crippen LogP contribution in [0.25, 0.3) is 123 Å². The van der Waals surface area contributed by atoms with Crippen molar-refractivity contribution in [2.45, 2.75) is 11.8 Å². The second-order valence-corrected chi connectivity index (χ2v) is 21.1. The predicted molar refractivity (Wildman–Crippen MR) is 327 cm³/mol. The molecule has 12 aromatic rings. The third-order valence-electron chi connectivity index (χ3n) is 16.5. The first-order chi connectivity index (χ1) is 39.7. The molecule has 4 aliphatic carbocycles. The maximum absolute atomic E-state index is 5.45. The van der Waals surface area contributed by atoms with Crippen LogP contribution in [0.2, 0.25) is 0 Å². The van der Waals surface area contributed by atoms with Crippen LogP contribution in [0, 0.1) is 30.0 Å². The van der Waals surface area contributed by atoms with Crippen molar-refractivity contribution in [3.05, 3.63) is 309 Å². The van der Waals surface area contributed by atoms with Gasteiger partial charge in [0.25, 0.3) is 0 Å². The minimum atomic E-state index is 0. The third kappa shape index (κ3) is 9.33. The number of benzene rings is 9. The summed E-state index contributed by atoms with van der Waals surface area (Å²) in [5, 5.41) is 0. The van der Waals surface area contributed by atoms with E-state index in [2.05, 4.69) is 249 Å². The molecule has 4 heteroatoms. The van der Waals surface area contributed by atoms with Crippen molar-refractivity contribution in [3.63, 3.8) is 0 Å². The molecule has 0 aliphatic heterocycles. The molecule has 9 aromatic carbocycles. The van der Waals surface area contributed by atoms with E-state index in [0.29, 0.717) is 17.8 Å². The molecule has 1 fully saturated rings. The molecule has 0 N–H and O–H groups in total. The average molecular weight is 1210 g/mol. The van der Waals surface area contributed by atoms with E-state index < -0.39 is 0 Å². The average Bonchev–Trinajstić information content (AvgIpc) is 4.37. The zero-order valence-electron chi connectivity index (χ0n) is 44.0. The molecule has 0 radical (unpaired) electrons. The molecule has 382 valence electrons. The normalized spacial score (nSPS) is 16.2. The Bertz CT molecular complexity index is 4180. The second kappa shape index (κ2) is 21.3. The molecule has 0 spiro atoms. The summed E-state index contributed by atoms with van der Waals surface area (Å²) < 4.78 is 0. The van der Waals surface area contributed by atoms with E-state index in [0.717, 1.165) is 112 Å². The summed E-state index contributed by atoms with van der Waals surface area (Å²) in [5.41, 5.74) is 26.1. The van der Waals surface area contributed by atoms with Crippen LogP contribution in [0.15, 0.2) is 279 Å². The van der Waals surface area contributed by atoms with Gasteiger partial charge in [-0.15, -0.1) is 107 Å². The standard InChI is InChI=1S/C77H50N3.Ir/c1-4-17-50(18-5-1)51-31-33-52(34-32-51)71-46-75(69-29-16-30-70-76(69)55-35-39-67-68(40-36-55)77(67)70)80-49-72(71)66-28-15-14-27-65(66)60-44-58(63-25-12-10-23-61(63)56-37-41-73(78-47-56)53-19-6-2-7-20-53)43-59(45-60)64-26-13-11-24-62(64)57-38-42-74(79-48-57)54-21-8-3-9-22-54;/h1-19,21,23-28,30-49,55,67-68,77H;/q-3;+3. The van der Waals surface area contributed by atoms with Gasteiger partial charge in [0.05, 0.1) is 0 Å². The van der Waals surface area contributed by atoms with E-state index in [9.17, 15) is 0 Å². The van der Waals surface area contributed by atoms with E-state index in [1.807, 2.05) is 48.8 Å². The van der Waals surface area contributed by atoms with Gasteiger partial charge in [0, 0.05) is 24.2 Å². The second-order valence-electron chi connectivity index (χ2n) is 21.1. The summed E-state index contributed by atoms with van der Waals surface area (Å²) in [4.78, 5) is 15.4. The Morgan fingerprint density at radius 1 is 0.296 bits per heavy atom. The monoisotopic (exact) mass is 1210 g/mol. The maximum atomic E-state index is 5.45. The molecule has 16 rings (SSSR count). The van der Waals surface area contributed by atoms with Gasteiger partial charge in [0.2, 0.25) is 0 Å². The van der Waals surface area contributed by atoms with E-state index in [-0.39, 0.29) is 26.0 Å². The van der Waals surface area contributed by atoms with Crippen LogP contribution in [0.5, 0.6) is 0 Å². The number of rotatable bonds is 11. The molecule has 2 atom stereocenters. The smallest absolute Gasteiger partial charge is 0.304 e. The van der Waals surface area contributed by atoms with Crippen LogP contribution in [0.4, 0.5) is 0 Å². The van der Waals surface area contributed by atoms with E-state index >= 15 is 0 Å². The molecule has 4 aliphatic rings. The van der Waals surface area contributed by atoms with Gasteiger partial charge in [0.1, 0.15) is 0 Å². The Morgan fingerprint density at radius 2 is 0.753 bits per heavy atom. The fourth-order valence-electron chi connectivity index (χ4n) is 12.5. The molecular formula is C77H50IrN3. The molecule has 3 heterocycles. The Labute approximate surface area is 487 Å². The van der Waals surface area contributed by atoms with Crippen LogP contribution in [-0.4, -0.2) is 15.0 Å². The molecule has 81 heavy (non-hydrogen) atoms. The molecule has 3 nitrogen and oxygen atoms in total. The number of hydrogen-bond acceptors (Lipinski definition) is 3. The fraction of sp³-hybridized carbons (Fsp3) is 0.0519. The first kappa shape index (κ1) is 49.8. The number of aromatic nitrogens is 3. The minimum Gasteiger partial charge on any atom is -0.304 e. The molecule has 1 saturated carbocycles. The molecule has 2 unspecified atom stereocenters. The van der Waals surface area contributed by atoms with Crippen molar-refractivity contribution >= 4 is 0 Å². The van der Waals surface area contributed by atoms with Crippen molar-refractivity contribution in [3.8, 4) is 123 Å². The quantitative estimate of drug-likeness (QED) is 0.0957. The predicted octanol–water partition coefficient (Wildman–Crippen LogP) is 19.2. The maximum Gasteiger partial charge on any atom is 3.00 e. The largest absolute Gasteiger partial charge is 3.00 e. The number of pyridine rings is 3. The number of nitrogens with zero attached hydrogens (tertiary/aromatic N) is 3. The first-order valence-electron chi connectivity index (χ1n) is 27.5. The van der Waals surface area contributed by atoms with Crippen LogP contribution < -0.4 is 0 Å². The summed E-state index contributed by atoms with van der Waals surface area (Å²) in [6.45, 7) is 0. The van der Waals surface area contributed by atoms with Crippen LogP contribution in [0.3, 0.4) is 0 Å². The Morgan fingerprint density at radius 3 is 1.27 bits per heavy atom. The molecule has 0 saturated heterocycles. The molecular weight excluding hydrogens is 1160 g/mol. The van der Waals surface area contributed by atoms with Crippen molar-refractivity contribution < 1.29 is 20.1 Å². The van der Waals surface area contributed by atoms with Crippen molar-refractivity contribution in [1.82, 2.24) is 15.0 Å². The van der Waals surface area contributed by atoms with Crippen molar-refractivity contribution in [1.29, 1.82) is 0 Å². The first-order valence-corrected chi connectivity index (χ1v) is 27.5. The number of allylic oxidation sites excluding steroid dienone is 4. The van der Waals surface area contributed by atoms with Crippen molar-refractivity contribution in [2.75, 3.05) is 0 Å². The Hall–Kier alpha value is -9.44. The third-order valence-corrected chi connectivity index (χ3v) is 16.5. The van der Waals surface area contributed by atoms with Crippen LogP contribution >= 0.6 is 0 Å². The van der Waals surface area contributed by atoms with Crippen LogP contribution in [0.1, 0.15) is 23.0 Å². The summed E-state index contributed by atoms with van der Waals surface area (Å²) >= 11 is 0. The van der Waals surface area contributed by atoms with Gasteiger partial charge >= 0.3 is 20.1 Å². The van der Waals surface area contributed by atoms with Gasteiger partial charge in [-0.1, -0.05) is 182 Å². The van der Waals surface area contributed by atoms with Gasteiger partial charge in [-0.3, -0.25) is 0 Å².